The van der Waals surface area contributed by atoms with Crippen molar-refractivity contribution in [3.8, 4) is 0 Å². The van der Waals surface area contributed by atoms with Crippen molar-refractivity contribution in [2.24, 2.45) is 5.92 Å². The Labute approximate surface area is 155 Å². The van der Waals surface area contributed by atoms with Gasteiger partial charge in [-0.1, -0.05) is 12.1 Å². The second kappa shape index (κ2) is 9.78. The van der Waals surface area contributed by atoms with Crippen molar-refractivity contribution >= 4 is 29.9 Å². The number of likely N-dealkylation sites (tertiary alicyclic amines) is 1. The molecule has 3 rings (SSSR count). The zero-order valence-electron chi connectivity index (χ0n) is 14.6. The highest BCUT2D eigenvalue weighted by Crippen LogP contribution is 2.19. The average molecular weight is 366 g/mol. The number of nitrogens with zero attached hydrogens (tertiary/aromatic N) is 1. The van der Waals surface area contributed by atoms with E-state index in [1.54, 1.807) is 0 Å². The van der Waals surface area contributed by atoms with Crippen molar-refractivity contribution in [1.82, 2.24) is 10.2 Å². The SMILES string of the molecule is Cl.O=C(CCC1CCNCC1)Nc1ccc(CN2CCCC2=O)cc1. The smallest absolute Gasteiger partial charge is 0.224 e. The Morgan fingerprint density at radius 3 is 2.56 bits per heavy atom. The first-order valence-corrected chi connectivity index (χ1v) is 9.08. The number of benzene rings is 1. The number of hydrogen-bond acceptors (Lipinski definition) is 3. The average Bonchev–Trinajstić information content (AvgIpc) is 3.01. The van der Waals surface area contributed by atoms with Crippen LogP contribution in [0.5, 0.6) is 0 Å². The van der Waals surface area contributed by atoms with Gasteiger partial charge in [-0.25, -0.2) is 0 Å². The highest BCUT2D eigenvalue weighted by Gasteiger charge is 2.20. The summed E-state index contributed by atoms with van der Waals surface area (Å²) in [6.07, 6.45) is 5.56. The summed E-state index contributed by atoms with van der Waals surface area (Å²) in [6.45, 7) is 3.68. The summed E-state index contributed by atoms with van der Waals surface area (Å²) in [5.74, 6) is 1.01. The van der Waals surface area contributed by atoms with Gasteiger partial charge in [0.1, 0.15) is 0 Å². The number of amides is 2. The number of hydrogen-bond donors (Lipinski definition) is 2. The van der Waals surface area contributed by atoms with Crippen LogP contribution in [0.4, 0.5) is 5.69 Å². The van der Waals surface area contributed by atoms with Crippen molar-refractivity contribution in [2.75, 3.05) is 25.0 Å². The van der Waals surface area contributed by atoms with Crippen LogP contribution >= 0.6 is 12.4 Å². The van der Waals surface area contributed by atoms with Crippen molar-refractivity contribution in [3.05, 3.63) is 29.8 Å². The van der Waals surface area contributed by atoms with Crippen molar-refractivity contribution < 1.29 is 9.59 Å². The molecule has 2 N–H and O–H groups in total. The largest absolute Gasteiger partial charge is 0.338 e. The molecule has 0 bridgehead atoms. The maximum absolute atomic E-state index is 12.1. The molecule has 0 unspecified atom stereocenters. The number of piperidine rings is 1. The lowest BCUT2D eigenvalue weighted by atomic mass is 9.93. The van der Waals surface area contributed by atoms with Crippen LogP contribution in [0.25, 0.3) is 0 Å². The molecule has 0 radical (unpaired) electrons. The molecule has 25 heavy (non-hydrogen) atoms. The van der Waals surface area contributed by atoms with E-state index in [1.165, 1.54) is 12.8 Å². The molecule has 0 spiro atoms. The summed E-state index contributed by atoms with van der Waals surface area (Å²) in [5, 5.41) is 6.33. The molecular weight excluding hydrogens is 338 g/mol. The summed E-state index contributed by atoms with van der Waals surface area (Å²) >= 11 is 0. The van der Waals surface area contributed by atoms with E-state index in [0.29, 0.717) is 25.3 Å². The molecule has 2 heterocycles. The fourth-order valence-electron chi connectivity index (χ4n) is 3.51. The molecule has 0 aromatic heterocycles. The number of carbonyl (C=O) groups is 2. The standard InChI is InChI=1S/C19H27N3O2.ClH/c23-18(8-5-15-9-11-20-12-10-15)21-17-6-3-16(4-7-17)14-22-13-1-2-19(22)24;/h3-4,6-7,15,20H,1-2,5,8-14H2,(H,21,23);1H. The zero-order chi connectivity index (χ0) is 16.8. The van der Waals surface area contributed by atoms with Gasteiger partial charge in [-0.05, 0) is 62.4 Å². The van der Waals surface area contributed by atoms with Gasteiger partial charge in [-0.2, -0.15) is 0 Å². The van der Waals surface area contributed by atoms with Gasteiger partial charge in [-0.3, -0.25) is 9.59 Å². The quantitative estimate of drug-likeness (QED) is 0.814. The lowest BCUT2D eigenvalue weighted by molar-refractivity contribution is -0.128. The minimum atomic E-state index is 0. The van der Waals surface area contributed by atoms with E-state index in [2.05, 4.69) is 10.6 Å². The Balaban J connectivity index is 0.00000225. The lowest BCUT2D eigenvalue weighted by Crippen LogP contribution is -2.28. The van der Waals surface area contributed by atoms with E-state index in [4.69, 9.17) is 0 Å². The van der Waals surface area contributed by atoms with Gasteiger partial charge < -0.3 is 15.5 Å². The van der Waals surface area contributed by atoms with Crippen LogP contribution in [-0.4, -0.2) is 36.3 Å². The summed E-state index contributed by atoms with van der Waals surface area (Å²) in [5.41, 5.74) is 1.94. The fraction of sp³-hybridized carbons (Fsp3) is 0.579. The Morgan fingerprint density at radius 2 is 1.92 bits per heavy atom. The molecule has 2 fully saturated rings. The fourth-order valence-corrected chi connectivity index (χ4v) is 3.51. The highest BCUT2D eigenvalue weighted by atomic mass is 35.5. The van der Waals surface area contributed by atoms with Gasteiger partial charge in [0.15, 0.2) is 0 Å². The van der Waals surface area contributed by atoms with Gasteiger partial charge in [0, 0.05) is 31.6 Å². The first-order chi connectivity index (χ1) is 11.7. The lowest BCUT2D eigenvalue weighted by Gasteiger charge is -2.22. The van der Waals surface area contributed by atoms with Gasteiger partial charge in [0.2, 0.25) is 11.8 Å². The van der Waals surface area contributed by atoms with Crippen LogP contribution in [0.2, 0.25) is 0 Å². The third-order valence-electron chi connectivity index (χ3n) is 5.02. The van der Waals surface area contributed by atoms with Crippen molar-refractivity contribution in [2.45, 2.75) is 45.1 Å². The number of nitrogens with one attached hydrogen (secondary N) is 2. The third-order valence-corrected chi connectivity index (χ3v) is 5.02. The van der Waals surface area contributed by atoms with Crippen LogP contribution < -0.4 is 10.6 Å². The molecule has 0 atom stereocenters. The molecule has 0 saturated carbocycles. The molecule has 2 aliphatic rings. The van der Waals surface area contributed by atoms with Crippen LogP contribution in [0, 0.1) is 5.92 Å². The van der Waals surface area contributed by atoms with Gasteiger partial charge in [0.25, 0.3) is 0 Å². The third kappa shape index (κ3) is 6.01. The normalized spacial score (nSPS) is 18.1. The van der Waals surface area contributed by atoms with E-state index < -0.39 is 0 Å². The maximum atomic E-state index is 12.1. The molecule has 2 saturated heterocycles. The van der Waals surface area contributed by atoms with Gasteiger partial charge in [-0.15, -0.1) is 12.4 Å². The van der Waals surface area contributed by atoms with Crippen LogP contribution in [0.3, 0.4) is 0 Å². The summed E-state index contributed by atoms with van der Waals surface area (Å²) in [4.78, 5) is 25.6. The number of anilines is 1. The topological polar surface area (TPSA) is 61.4 Å². The van der Waals surface area contributed by atoms with Crippen molar-refractivity contribution in [3.63, 3.8) is 0 Å². The molecule has 2 amide bonds. The molecular formula is C19H28ClN3O2. The van der Waals surface area contributed by atoms with E-state index in [-0.39, 0.29) is 24.2 Å². The van der Waals surface area contributed by atoms with E-state index in [0.717, 1.165) is 43.7 Å². The predicted molar refractivity (Wildman–Crippen MR) is 102 cm³/mol. The first-order valence-electron chi connectivity index (χ1n) is 9.08. The molecule has 1 aromatic carbocycles. The zero-order valence-corrected chi connectivity index (χ0v) is 15.4. The molecule has 2 aliphatic heterocycles. The summed E-state index contributed by atoms with van der Waals surface area (Å²) in [7, 11) is 0. The summed E-state index contributed by atoms with van der Waals surface area (Å²) < 4.78 is 0. The minimum Gasteiger partial charge on any atom is -0.338 e. The van der Waals surface area contributed by atoms with Crippen LogP contribution in [0.15, 0.2) is 24.3 Å². The van der Waals surface area contributed by atoms with Gasteiger partial charge in [0.05, 0.1) is 0 Å². The second-order valence-corrected chi connectivity index (χ2v) is 6.90. The van der Waals surface area contributed by atoms with E-state index in [1.807, 2.05) is 29.2 Å². The van der Waals surface area contributed by atoms with E-state index >= 15 is 0 Å². The van der Waals surface area contributed by atoms with Crippen molar-refractivity contribution in [1.29, 1.82) is 0 Å². The van der Waals surface area contributed by atoms with Crippen LogP contribution in [-0.2, 0) is 16.1 Å². The summed E-state index contributed by atoms with van der Waals surface area (Å²) in [6, 6.07) is 7.85. The molecule has 0 aliphatic carbocycles. The first kappa shape index (κ1) is 19.7. The Kier molecular flexibility index (Phi) is 7.72. The van der Waals surface area contributed by atoms with Gasteiger partial charge >= 0.3 is 0 Å². The molecule has 5 nitrogen and oxygen atoms in total. The predicted octanol–water partition coefficient (Wildman–Crippen LogP) is 2.95. The molecule has 1 aromatic rings. The Morgan fingerprint density at radius 1 is 1.20 bits per heavy atom. The number of rotatable bonds is 6. The Bertz CT molecular complexity index is 571. The maximum Gasteiger partial charge on any atom is 0.224 e. The molecule has 6 heteroatoms. The highest BCUT2D eigenvalue weighted by molar-refractivity contribution is 5.90. The number of halogens is 1. The van der Waals surface area contributed by atoms with Crippen LogP contribution in [0.1, 0.15) is 44.1 Å². The number of carbonyl (C=O) groups excluding carboxylic acids is 2. The second-order valence-electron chi connectivity index (χ2n) is 6.90. The molecule has 138 valence electrons. The Hall–Kier alpha value is -1.59. The monoisotopic (exact) mass is 365 g/mol. The minimum absolute atomic E-state index is 0. The van der Waals surface area contributed by atoms with E-state index in [9.17, 15) is 9.59 Å².